The lowest BCUT2D eigenvalue weighted by molar-refractivity contribution is 0.0537. The van der Waals surface area contributed by atoms with Gasteiger partial charge in [0.05, 0.1) is 30.4 Å². The monoisotopic (exact) mass is 515 g/mol. The molecular weight excluding hydrogens is 486 g/mol. The van der Waals surface area contributed by atoms with Gasteiger partial charge in [-0.1, -0.05) is 12.1 Å². The molecule has 0 spiro atoms. The van der Waals surface area contributed by atoms with Crippen molar-refractivity contribution in [3.63, 3.8) is 0 Å². The van der Waals surface area contributed by atoms with E-state index in [1.807, 2.05) is 88.8 Å². The SMILES string of the molecule is COc1ccc(-c2cc(C(=O)N3CCN(C(=O)c4cccs4)CC3)c(C)n2-c2cccc(OC)c2)cc1. The van der Waals surface area contributed by atoms with E-state index >= 15 is 0 Å². The van der Waals surface area contributed by atoms with Gasteiger partial charge in [0.15, 0.2) is 0 Å². The topological polar surface area (TPSA) is 64.0 Å². The zero-order valence-corrected chi connectivity index (χ0v) is 22.0. The van der Waals surface area contributed by atoms with Crippen LogP contribution in [-0.4, -0.2) is 66.6 Å². The van der Waals surface area contributed by atoms with Crippen molar-refractivity contribution in [3.05, 3.63) is 88.2 Å². The number of rotatable bonds is 6. The van der Waals surface area contributed by atoms with Crippen LogP contribution in [0.1, 0.15) is 25.7 Å². The highest BCUT2D eigenvalue weighted by molar-refractivity contribution is 7.12. The van der Waals surface area contributed by atoms with Crippen molar-refractivity contribution in [2.45, 2.75) is 6.92 Å². The summed E-state index contributed by atoms with van der Waals surface area (Å²) in [5, 5.41) is 1.91. The largest absolute Gasteiger partial charge is 0.497 e. The van der Waals surface area contributed by atoms with E-state index in [4.69, 9.17) is 9.47 Å². The number of piperazine rings is 1. The second kappa shape index (κ2) is 10.5. The number of methoxy groups -OCH3 is 2. The quantitative estimate of drug-likeness (QED) is 0.357. The Hall–Kier alpha value is -4.04. The maximum absolute atomic E-state index is 13.7. The third kappa shape index (κ3) is 4.84. The maximum Gasteiger partial charge on any atom is 0.264 e. The molecule has 0 N–H and O–H groups in total. The summed E-state index contributed by atoms with van der Waals surface area (Å²) in [5.74, 6) is 1.51. The smallest absolute Gasteiger partial charge is 0.264 e. The number of benzene rings is 2. The first-order chi connectivity index (χ1) is 18.0. The van der Waals surface area contributed by atoms with E-state index in [-0.39, 0.29) is 11.8 Å². The minimum atomic E-state index is -0.0304. The second-order valence-corrected chi connectivity index (χ2v) is 9.80. The van der Waals surface area contributed by atoms with E-state index in [1.54, 1.807) is 14.2 Å². The molecule has 3 heterocycles. The van der Waals surface area contributed by atoms with Crippen LogP contribution < -0.4 is 9.47 Å². The van der Waals surface area contributed by atoms with Gasteiger partial charge < -0.3 is 23.8 Å². The average molecular weight is 516 g/mol. The minimum absolute atomic E-state index is 0.0304. The van der Waals surface area contributed by atoms with Crippen molar-refractivity contribution in [1.29, 1.82) is 0 Å². The Kier molecular flexibility index (Phi) is 7.01. The third-order valence-electron chi connectivity index (χ3n) is 6.76. The fourth-order valence-corrected chi connectivity index (χ4v) is 5.41. The highest BCUT2D eigenvalue weighted by Gasteiger charge is 2.28. The predicted octanol–water partition coefficient (Wildman–Crippen LogP) is 5.13. The molecular formula is C29H29N3O4S. The molecule has 8 heteroatoms. The number of thiophene rings is 1. The van der Waals surface area contributed by atoms with Gasteiger partial charge in [-0.05, 0) is 66.4 Å². The Morgan fingerprint density at radius 1 is 0.784 bits per heavy atom. The molecule has 0 bridgehead atoms. The molecule has 1 saturated heterocycles. The van der Waals surface area contributed by atoms with Crippen LogP contribution in [0.4, 0.5) is 0 Å². The molecule has 0 saturated carbocycles. The summed E-state index contributed by atoms with van der Waals surface area (Å²) in [6, 6.07) is 21.3. The molecule has 1 fully saturated rings. The Labute approximate surface area is 220 Å². The number of hydrogen-bond acceptors (Lipinski definition) is 5. The van der Waals surface area contributed by atoms with E-state index in [0.717, 1.165) is 39.0 Å². The van der Waals surface area contributed by atoms with Gasteiger partial charge in [-0.3, -0.25) is 9.59 Å². The Bertz CT molecular complexity index is 1400. The molecule has 190 valence electrons. The Balaban J connectivity index is 1.46. The van der Waals surface area contributed by atoms with Gasteiger partial charge in [-0.15, -0.1) is 11.3 Å². The number of carbonyl (C=O) groups excluding carboxylic acids is 2. The molecule has 2 aromatic heterocycles. The summed E-state index contributed by atoms with van der Waals surface area (Å²) in [7, 11) is 3.28. The van der Waals surface area contributed by atoms with Gasteiger partial charge in [-0.2, -0.15) is 0 Å². The van der Waals surface area contributed by atoms with Crippen molar-refractivity contribution >= 4 is 23.2 Å². The van der Waals surface area contributed by atoms with E-state index in [2.05, 4.69) is 4.57 Å². The highest BCUT2D eigenvalue weighted by atomic mass is 32.1. The minimum Gasteiger partial charge on any atom is -0.497 e. The fraction of sp³-hybridized carbons (Fsp3) is 0.241. The zero-order valence-electron chi connectivity index (χ0n) is 21.1. The number of aromatic nitrogens is 1. The third-order valence-corrected chi connectivity index (χ3v) is 7.62. The van der Waals surface area contributed by atoms with E-state index in [0.29, 0.717) is 31.7 Å². The molecule has 4 aromatic rings. The van der Waals surface area contributed by atoms with Crippen LogP contribution in [0, 0.1) is 6.92 Å². The molecule has 0 unspecified atom stereocenters. The number of nitrogens with zero attached hydrogens (tertiary/aromatic N) is 3. The molecule has 0 atom stereocenters. The van der Waals surface area contributed by atoms with Crippen LogP contribution >= 0.6 is 11.3 Å². The van der Waals surface area contributed by atoms with Gasteiger partial charge in [0.25, 0.3) is 11.8 Å². The van der Waals surface area contributed by atoms with Crippen molar-refractivity contribution in [1.82, 2.24) is 14.4 Å². The number of hydrogen-bond donors (Lipinski definition) is 0. The first-order valence-corrected chi connectivity index (χ1v) is 13.0. The fourth-order valence-electron chi connectivity index (χ4n) is 4.72. The van der Waals surface area contributed by atoms with Gasteiger partial charge in [0.2, 0.25) is 0 Å². The van der Waals surface area contributed by atoms with Crippen molar-refractivity contribution in [2.75, 3.05) is 40.4 Å². The van der Waals surface area contributed by atoms with Crippen LogP contribution in [0.3, 0.4) is 0 Å². The molecule has 37 heavy (non-hydrogen) atoms. The first-order valence-electron chi connectivity index (χ1n) is 12.1. The molecule has 2 aromatic carbocycles. The van der Waals surface area contributed by atoms with Gasteiger partial charge in [-0.25, -0.2) is 0 Å². The predicted molar refractivity (Wildman–Crippen MR) is 145 cm³/mol. The van der Waals surface area contributed by atoms with Crippen molar-refractivity contribution in [2.24, 2.45) is 0 Å². The van der Waals surface area contributed by atoms with Crippen molar-refractivity contribution < 1.29 is 19.1 Å². The molecule has 1 aliphatic rings. The number of amides is 2. The van der Waals surface area contributed by atoms with E-state index in [9.17, 15) is 9.59 Å². The molecule has 2 amide bonds. The second-order valence-electron chi connectivity index (χ2n) is 8.86. The molecule has 5 rings (SSSR count). The lowest BCUT2D eigenvalue weighted by atomic mass is 10.1. The summed E-state index contributed by atoms with van der Waals surface area (Å²) < 4.78 is 12.9. The maximum atomic E-state index is 13.7. The van der Waals surface area contributed by atoms with Crippen LogP contribution in [0.5, 0.6) is 11.5 Å². The van der Waals surface area contributed by atoms with Crippen LogP contribution in [0.25, 0.3) is 16.9 Å². The summed E-state index contributed by atoms with van der Waals surface area (Å²) >= 11 is 1.44. The molecule has 0 radical (unpaired) electrons. The Morgan fingerprint density at radius 2 is 1.46 bits per heavy atom. The molecule has 1 aliphatic heterocycles. The summed E-state index contributed by atoms with van der Waals surface area (Å²) in [4.78, 5) is 30.9. The standard InChI is InChI=1S/C29H29N3O4S/c1-20-25(28(33)30-13-15-31(16-14-30)29(34)27-8-5-17-37-27)19-26(21-9-11-23(35-2)12-10-21)32(20)22-6-4-7-24(18-22)36-3/h4-12,17-19H,13-16H2,1-3H3. The van der Waals surface area contributed by atoms with Crippen LogP contribution in [-0.2, 0) is 0 Å². The molecule has 0 aliphatic carbocycles. The zero-order chi connectivity index (χ0) is 25.9. The average Bonchev–Trinajstić information content (AvgIpc) is 3.61. The highest BCUT2D eigenvalue weighted by Crippen LogP contribution is 2.32. The van der Waals surface area contributed by atoms with E-state index < -0.39 is 0 Å². The van der Waals surface area contributed by atoms with Crippen molar-refractivity contribution in [3.8, 4) is 28.4 Å². The molecule has 7 nitrogen and oxygen atoms in total. The number of carbonyl (C=O) groups is 2. The Morgan fingerprint density at radius 3 is 2.08 bits per heavy atom. The van der Waals surface area contributed by atoms with Gasteiger partial charge in [0.1, 0.15) is 11.5 Å². The first kappa shape index (κ1) is 24.6. The lowest BCUT2D eigenvalue weighted by Crippen LogP contribution is -2.50. The van der Waals surface area contributed by atoms with Crippen LogP contribution in [0.15, 0.2) is 72.1 Å². The van der Waals surface area contributed by atoms with Crippen LogP contribution in [0.2, 0.25) is 0 Å². The lowest BCUT2D eigenvalue weighted by Gasteiger charge is -2.34. The summed E-state index contributed by atoms with van der Waals surface area (Å²) in [6.07, 6.45) is 0. The summed E-state index contributed by atoms with van der Waals surface area (Å²) in [5.41, 5.74) is 4.28. The summed E-state index contributed by atoms with van der Waals surface area (Å²) in [6.45, 7) is 4.00. The van der Waals surface area contributed by atoms with Gasteiger partial charge in [0, 0.05) is 43.6 Å². The number of ether oxygens (including phenoxy) is 2. The van der Waals surface area contributed by atoms with Gasteiger partial charge >= 0.3 is 0 Å². The normalized spacial score (nSPS) is 13.5. The van der Waals surface area contributed by atoms with E-state index in [1.165, 1.54) is 11.3 Å².